The summed E-state index contributed by atoms with van der Waals surface area (Å²) < 4.78 is 0. The van der Waals surface area contributed by atoms with E-state index in [0.717, 1.165) is 0 Å². The first kappa shape index (κ1) is 53.3. The second-order valence-corrected chi connectivity index (χ2v) is 0. The van der Waals surface area contributed by atoms with Crippen molar-refractivity contribution < 1.29 is 0 Å². The summed E-state index contributed by atoms with van der Waals surface area (Å²) in [4.78, 5) is 0. The molecule has 0 amide bonds. The molecule has 0 saturated heterocycles. The van der Waals surface area contributed by atoms with E-state index < -0.39 is 0 Å². The molecule has 6 heavy (non-hydrogen) atoms. The molecule has 40 valence electrons. The molecule has 0 aromatic heterocycles. The summed E-state index contributed by atoms with van der Waals surface area (Å²) in [5, 5.41) is 0. The van der Waals surface area contributed by atoms with Gasteiger partial charge in [0.2, 0.25) is 0 Å². The summed E-state index contributed by atoms with van der Waals surface area (Å²) >= 11 is 0. The van der Waals surface area contributed by atoms with Crippen LogP contribution >= 0.6 is 0 Å². The molecule has 0 saturated carbocycles. The van der Waals surface area contributed by atoms with Gasteiger partial charge < -0.3 is 12.3 Å². The quantitative estimate of drug-likeness (QED) is 0.446. The highest BCUT2D eigenvalue weighted by atomic mass is 14.0. The monoisotopic (exact) mass is 90.1 g/mol. The molecule has 0 bridgehead atoms. The Labute approximate surface area is 39.7 Å². The lowest BCUT2D eigenvalue weighted by atomic mass is 11.3. The standard InChI is InChI=1S/2C2H4.2H3N/c2*1-2;;/h2*1-2H2;2*1H3. The van der Waals surface area contributed by atoms with Gasteiger partial charge in [-0.05, 0) is 0 Å². The molecule has 0 unspecified atom stereocenters. The highest BCUT2D eigenvalue weighted by Gasteiger charge is 0.603. The van der Waals surface area contributed by atoms with Crippen LogP contribution in [0.5, 0.6) is 0 Å². The van der Waals surface area contributed by atoms with E-state index in [1.165, 1.54) is 0 Å². The lowest BCUT2D eigenvalue weighted by Crippen LogP contribution is -0.552. The first-order valence-corrected chi connectivity index (χ1v) is 1.000. The Hall–Kier alpha value is -0.600. The van der Waals surface area contributed by atoms with E-state index in [1.54, 1.807) is 0 Å². The SMILES string of the molecule is C=C.C=C.N.N. The van der Waals surface area contributed by atoms with Crippen LogP contribution in [0.15, 0.2) is 26.3 Å². The molecular formula is C4H14N2. The van der Waals surface area contributed by atoms with Crippen molar-refractivity contribution >= 4 is 0 Å². The van der Waals surface area contributed by atoms with Gasteiger partial charge in [-0.2, -0.15) is 0 Å². The van der Waals surface area contributed by atoms with Crippen LogP contribution in [-0.2, 0) is 0 Å². The zero-order valence-corrected chi connectivity index (χ0v) is 4.24. The minimum Gasteiger partial charge on any atom is -0.344 e. The Kier molecular flexibility index (Phi) is 1260. The first-order chi connectivity index (χ1) is 2.00. The van der Waals surface area contributed by atoms with Crippen LogP contribution < -0.4 is 12.3 Å². The molecule has 0 aliphatic carbocycles. The maximum atomic E-state index is 3.00. The lowest BCUT2D eigenvalue weighted by molar-refractivity contribution is 2.13. The van der Waals surface area contributed by atoms with Gasteiger partial charge in [-0.3, -0.25) is 0 Å². The third kappa shape index (κ3) is 54.4. The Morgan fingerprint density at radius 3 is 0.500 bits per heavy atom. The van der Waals surface area contributed by atoms with Crippen LogP contribution in [0.2, 0.25) is 0 Å². The zero-order chi connectivity index (χ0) is 4.00. The second kappa shape index (κ2) is 141. The van der Waals surface area contributed by atoms with Gasteiger partial charge in [0.1, 0.15) is 0 Å². The number of hydrogen-bond donors (Lipinski definition) is 2. The van der Waals surface area contributed by atoms with Crippen molar-refractivity contribution in [2.24, 2.45) is 0 Å². The molecule has 0 aliphatic rings. The van der Waals surface area contributed by atoms with Crippen LogP contribution in [-0.4, -0.2) is 0 Å². The Balaban J connectivity index is -0.00000000500. The Bertz CT molecular complexity index is 7.51. The number of hydrogen-bond acceptors (Lipinski definition) is 2. The van der Waals surface area contributed by atoms with Crippen LogP contribution in [0.4, 0.5) is 0 Å². The van der Waals surface area contributed by atoms with Gasteiger partial charge in [-0.1, -0.05) is 0 Å². The van der Waals surface area contributed by atoms with E-state index in [9.17, 15) is 0 Å². The minimum atomic E-state index is 0. The third-order valence-corrected chi connectivity index (χ3v) is 0. The number of rotatable bonds is 0. The molecule has 6 N–H and O–H groups in total. The van der Waals surface area contributed by atoms with Crippen molar-refractivity contribution in [3.63, 3.8) is 0 Å². The molecule has 0 fully saturated rings. The van der Waals surface area contributed by atoms with E-state index in [-0.39, 0.29) is 12.3 Å². The molecule has 0 heterocycles. The molecule has 0 aromatic rings. The molecule has 0 atom stereocenters. The molecule has 0 spiro atoms. The fourth-order valence-electron chi connectivity index (χ4n) is 0. The summed E-state index contributed by atoms with van der Waals surface area (Å²) in [6.45, 7) is 12.0. The van der Waals surface area contributed by atoms with Crippen molar-refractivity contribution in [3.8, 4) is 0 Å². The van der Waals surface area contributed by atoms with Crippen molar-refractivity contribution in [1.82, 2.24) is 12.3 Å². The van der Waals surface area contributed by atoms with Gasteiger partial charge in [0.25, 0.3) is 0 Å². The molecule has 0 radical (unpaired) electrons. The van der Waals surface area contributed by atoms with E-state index in [0.29, 0.717) is 0 Å². The first-order valence-electron chi connectivity index (χ1n) is 1.000. The van der Waals surface area contributed by atoms with Crippen molar-refractivity contribution in [1.29, 1.82) is 0 Å². The fourth-order valence-corrected chi connectivity index (χ4v) is 0. The van der Waals surface area contributed by atoms with Gasteiger partial charge in [0.15, 0.2) is 0 Å². The smallest absolute Gasteiger partial charge is 0.106 e. The van der Waals surface area contributed by atoms with Crippen molar-refractivity contribution in [3.05, 3.63) is 26.3 Å². The maximum absolute atomic E-state index is 3.00. The van der Waals surface area contributed by atoms with Gasteiger partial charge in [0.05, 0.1) is 0 Å². The fraction of sp³-hybridized carbons (Fsp3) is 0. The lowest BCUT2D eigenvalue weighted by Gasteiger charge is -0.813. The minimum absolute atomic E-state index is 0. The highest BCUT2D eigenvalue weighted by molar-refractivity contribution is 4.22. The molecule has 2 nitrogen and oxygen atoms in total. The molecular weight excluding hydrogens is 76.1 g/mol. The van der Waals surface area contributed by atoms with Gasteiger partial charge in [0, 0.05) is 0 Å². The molecule has 0 aliphatic heterocycles. The molecule has 0 rings (SSSR count). The molecule has 0 aromatic carbocycles. The zero-order valence-electron chi connectivity index (χ0n) is 4.24. The van der Waals surface area contributed by atoms with Gasteiger partial charge in [-0.25, -0.2) is 0 Å². The topological polar surface area (TPSA) is 70.0 Å². The maximum Gasteiger partial charge on any atom is -0.106 e. The van der Waals surface area contributed by atoms with Crippen molar-refractivity contribution in [2.45, 2.75) is 0 Å². The average molecular weight is 90.2 g/mol. The van der Waals surface area contributed by atoms with E-state index in [1.807, 2.05) is 0 Å². The molecule has 2 heteroatoms. The largest absolute Gasteiger partial charge is 0.344 e. The summed E-state index contributed by atoms with van der Waals surface area (Å²) in [5.74, 6) is 0. The van der Waals surface area contributed by atoms with Crippen LogP contribution in [0.25, 0.3) is 0 Å². The van der Waals surface area contributed by atoms with E-state index >= 15 is 0 Å². The summed E-state index contributed by atoms with van der Waals surface area (Å²) in [7, 11) is 0. The predicted octanol–water partition coefficient (Wildman–Crippen LogP) is 1.93. The summed E-state index contributed by atoms with van der Waals surface area (Å²) in [6, 6.07) is 0. The Morgan fingerprint density at radius 2 is 0.500 bits per heavy atom. The normalized spacial score (nSPS) is 1.33. The average Bonchev–Trinajstić information content (AvgIpc) is 1.50. The highest BCUT2D eigenvalue weighted by Crippen LogP contribution is 0.864. The van der Waals surface area contributed by atoms with Crippen LogP contribution in [0.1, 0.15) is 0 Å². The van der Waals surface area contributed by atoms with E-state index in [2.05, 4.69) is 26.3 Å². The predicted molar refractivity (Wildman–Crippen MR) is 32.6 cm³/mol. The second-order valence-electron chi connectivity index (χ2n) is 0. The van der Waals surface area contributed by atoms with E-state index in [4.69, 9.17) is 0 Å². The Morgan fingerprint density at radius 1 is 0.500 bits per heavy atom. The van der Waals surface area contributed by atoms with Gasteiger partial charge in [-0.15, -0.1) is 26.3 Å². The van der Waals surface area contributed by atoms with Crippen LogP contribution in [0, 0.1) is 0 Å². The van der Waals surface area contributed by atoms with Crippen molar-refractivity contribution in [2.75, 3.05) is 0 Å². The summed E-state index contributed by atoms with van der Waals surface area (Å²) in [5.41, 5.74) is 0. The van der Waals surface area contributed by atoms with Gasteiger partial charge >= 0.3 is 0 Å². The third-order valence-electron chi connectivity index (χ3n) is 0. The van der Waals surface area contributed by atoms with Crippen LogP contribution in [0.3, 0.4) is 0 Å². The summed E-state index contributed by atoms with van der Waals surface area (Å²) in [6.07, 6.45) is 0.